The van der Waals surface area contributed by atoms with Crippen LogP contribution in [0.25, 0.3) is 0 Å². The molecule has 0 spiro atoms. The SMILES string of the molecule is OCCn1ccnc1[S]. The number of aromatic nitrogens is 2. The fourth-order valence-electron chi connectivity index (χ4n) is 0.593. The van der Waals surface area contributed by atoms with Gasteiger partial charge in [0, 0.05) is 18.9 Å². The summed E-state index contributed by atoms with van der Waals surface area (Å²) < 4.78 is 1.72. The predicted octanol–water partition coefficient (Wildman–Crippen LogP) is 0.432. The zero-order valence-corrected chi connectivity index (χ0v) is 5.64. The molecule has 1 aromatic rings. The lowest BCUT2D eigenvalue weighted by atomic mass is 10.7. The maximum atomic E-state index is 8.47. The molecule has 0 saturated carbocycles. The number of nitrogens with zero attached hydrogens (tertiary/aromatic N) is 2. The fraction of sp³-hybridized carbons (Fsp3) is 0.400. The minimum Gasteiger partial charge on any atom is -0.395 e. The van der Waals surface area contributed by atoms with Gasteiger partial charge in [-0.2, -0.15) is 0 Å². The molecule has 4 heteroatoms. The van der Waals surface area contributed by atoms with Gasteiger partial charge in [0.15, 0.2) is 5.16 Å². The summed E-state index contributed by atoms with van der Waals surface area (Å²) >= 11 is 4.79. The van der Waals surface area contributed by atoms with Crippen LogP contribution in [0.4, 0.5) is 0 Å². The van der Waals surface area contributed by atoms with Gasteiger partial charge >= 0.3 is 0 Å². The predicted molar refractivity (Wildman–Crippen MR) is 35.2 cm³/mol. The molecule has 1 heterocycles. The average molecular weight is 143 g/mol. The van der Waals surface area contributed by atoms with Gasteiger partial charge < -0.3 is 9.67 Å². The lowest BCUT2D eigenvalue weighted by Crippen LogP contribution is -2.00. The molecule has 0 fully saturated rings. The van der Waals surface area contributed by atoms with Crippen LogP contribution in [0.2, 0.25) is 0 Å². The molecule has 1 rings (SSSR count). The molecule has 1 radical (unpaired) electrons. The topological polar surface area (TPSA) is 38.0 Å². The second-order valence-electron chi connectivity index (χ2n) is 1.63. The van der Waals surface area contributed by atoms with E-state index in [2.05, 4.69) is 4.98 Å². The van der Waals surface area contributed by atoms with Crippen LogP contribution in [0.15, 0.2) is 17.6 Å². The summed E-state index contributed by atoms with van der Waals surface area (Å²) in [7, 11) is 0. The van der Waals surface area contributed by atoms with Gasteiger partial charge in [-0.15, -0.1) is 0 Å². The Labute approximate surface area is 58.7 Å². The summed E-state index contributed by atoms with van der Waals surface area (Å²) in [6.07, 6.45) is 3.37. The smallest absolute Gasteiger partial charge is 0.199 e. The van der Waals surface area contributed by atoms with Crippen LogP contribution in [0.3, 0.4) is 0 Å². The lowest BCUT2D eigenvalue weighted by Gasteiger charge is -1.96. The second kappa shape index (κ2) is 2.80. The molecule has 0 aromatic carbocycles. The van der Waals surface area contributed by atoms with Crippen molar-refractivity contribution in [2.45, 2.75) is 11.7 Å². The van der Waals surface area contributed by atoms with Gasteiger partial charge in [-0.1, -0.05) is 0 Å². The molecule has 0 saturated heterocycles. The Kier molecular flexibility index (Phi) is 2.02. The van der Waals surface area contributed by atoms with Crippen molar-refractivity contribution in [2.24, 2.45) is 0 Å². The molecule has 0 atom stereocenters. The van der Waals surface area contributed by atoms with E-state index in [4.69, 9.17) is 17.7 Å². The van der Waals surface area contributed by atoms with Gasteiger partial charge in [-0.05, 0) is 12.6 Å². The van der Waals surface area contributed by atoms with Crippen LogP contribution in [0.1, 0.15) is 0 Å². The largest absolute Gasteiger partial charge is 0.395 e. The van der Waals surface area contributed by atoms with Gasteiger partial charge in [0.1, 0.15) is 0 Å². The first kappa shape index (κ1) is 6.51. The van der Waals surface area contributed by atoms with E-state index in [0.29, 0.717) is 11.7 Å². The first-order valence-electron chi connectivity index (χ1n) is 2.63. The van der Waals surface area contributed by atoms with E-state index in [9.17, 15) is 0 Å². The van der Waals surface area contributed by atoms with Crippen LogP contribution in [-0.4, -0.2) is 21.3 Å². The monoisotopic (exact) mass is 143 g/mol. The third-order valence-electron chi connectivity index (χ3n) is 1.02. The number of aliphatic hydroxyl groups excluding tert-OH is 1. The lowest BCUT2D eigenvalue weighted by molar-refractivity contribution is 0.271. The van der Waals surface area contributed by atoms with E-state index in [-0.39, 0.29) is 6.61 Å². The average Bonchev–Trinajstić information content (AvgIpc) is 2.18. The van der Waals surface area contributed by atoms with Crippen molar-refractivity contribution >= 4 is 12.6 Å². The molecular formula is C5H7N2OS. The maximum Gasteiger partial charge on any atom is 0.199 e. The molecule has 49 valence electrons. The van der Waals surface area contributed by atoms with Gasteiger partial charge in [0.05, 0.1) is 6.61 Å². The van der Waals surface area contributed by atoms with E-state index in [0.717, 1.165) is 0 Å². The summed E-state index contributed by atoms with van der Waals surface area (Å²) in [6, 6.07) is 0. The Bertz CT molecular complexity index is 187. The quantitative estimate of drug-likeness (QED) is 0.652. The molecule has 0 aliphatic heterocycles. The zero-order chi connectivity index (χ0) is 6.69. The van der Waals surface area contributed by atoms with Gasteiger partial charge in [-0.25, -0.2) is 4.98 Å². The normalized spacial score (nSPS) is 9.89. The molecule has 9 heavy (non-hydrogen) atoms. The molecule has 1 aromatic heterocycles. The highest BCUT2D eigenvalue weighted by Crippen LogP contribution is 2.00. The van der Waals surface area contributed by atoms with Crippen molar-refractivity contribution in [3.8, 4) is 0 Å². The van der Waals surface area contributed by atoms with Crippen molar-refractivity contribution < 1.29 is 5.11 Å². The van der Waals surface area contributed by atoms with Crippen molar-refractivity contribution in [3.63, 3.8) is 0 Å². The minimum absolute atomic E-state index is 0.111. The highest BCUT2D eigenvalue weighted by molar-refractivity contribution is 7.80. The molecule has 0 unspecified atom stereocenters. The van der Waals surface area contributed by atoms with Crippen LogP contribution in [-0.2, 0) is 6.54 Å². The maximum absolute atomic E-state index is 8.47. The second-order valence-corrected chi connectivity index (χ2v) is 1.99. The van der Waals surface area contributed by atoms with Crippen molar-refractivity contribution in [1.82, 2.24) is 9.55 Å². The summed E-state index contributed by atoms with van der Waals surface area (Å²) in [5.41, 5.74) is 0. The molecular weight excluding hydrogens is 136 g/mol. The fourth-order valence-corrected chi connectivity index (χ4v) is 0.806. The number of imidazole rings is 1. The Balaban J connectivity index is 2.69. The first-order valence-corrected chi connectivity index (χ1v) is 3.04. The highest BCUT2D eigenvalue weighted by Gasteiger charge is 1.94. The van der Waals surface area contributed by atoms with Gasteiger partial charge in [-0.3, -0.25) is 0 Å². The number of hydrogen-bond acceptors (Lipinski definition) is 2. The molecule has 0 aliphatic carbocycles. The zero-order valence-electron chi connectivity index (χ0n) is 4.82. The molecule has 0 aliphatic rings. The summed E-state index contributed by atoms with van der Waals surface area (Å²) in [4.78, 5) is 3.80. The highest BCUT2D eigenvalue weighted by atomic mass is 32.1. The van der Waals surface area contributed by atoms with E-state index < -0.39 is 0 Å². The molecule has 0 amide bonds. The van der Waals surface area contributed by atoms with Crippen LogP contribution >= 0.6 is 12.6 Å². The summed E-state index contributed by atoms with van der Waals surface area (Å²) in [5.74, 6) is 0. The first-order chi connectivity index (χ1) is 4.34. The minimum atomic E-state index is 0.111. The van der Waals surface area contributed by atoms with E-state index in [1.165, 1.54) is 0 Å². The van der Waals surface area contributed by atoms with E-state index in [1.54, 1.807) is 17.0 Å². The van der Waals surface area contributed by atoms with Crippen LogP contribution < -0.4 is 0 Å². The third-order valence-corrected chi connectivity index (χ3v) is 1.36. The Hall–Kier alpha value is -0.610. The summed E-state index contributed by atoms with van der Waals surface area (Å²) in [5, 5.41) is 9.00. The van der Waals surface area contributed by atoms with Crippen LogP contribution in [0, 0.1) is 0 Å². The van der Waals surface area contributed by atoms with Crippen molar-refractivity contribution in [3.05, 3.63) is 12.4 Å². The number of aliphatic hydroxyl groups is 1. The Morgan fingerprint density at radius 3 is 3.00 bits per heavy atom. The molecule has 0 bridgehead atoms. The van der Waals surface area contributed by atoms with Gasteiger partial charge in [0.25, 0.3) is 0 Å². The Morgan fingerprint density at radius 1 is 1.78 bits per heavy atom. The van der Waals surface area contributed by atoms with Crippen molar-refractivity contribution in [1.29, 1.82) is 0 Å². The van der Waals surface area contributed by atoms with E-state index >= 15 is 0 Å². The third kappa shape index (κ3) is 1.40. The Morgan fingerprint density at radius 2 is 2.56 bits per heavy atom. The van der Waals surface area contributed by atoms with E-state index in [1.807, 2.05) is 0 Å². The van der Waals surface area contributed by atoms with Crippen molar-refractivity contribution in [2.75, 3.05) is 6.61 Å². The number of hydrogen-bond donors (Lipinski definition) is 1. The molecule has 1 N–H and O–H groups in total. The molecule has 3 nitrogen and oxygen atoms in total. The van der Waals surface area contributed by atoms with Gasteiger partial charge in [0.2, 0.25) is 0 Å². The number of rotatable bonds is 2. The van der Waals surface area contributed by atoms with Crippen LogP contribution in [0.5, 0.6) is 0 Å². The summed E-state index contributed by atoms with van der Waals surface area (Å²) in [6.45, 7) is 0.652. The standard InChI is InChI=1S/C5H7N2OS/c8-4-3-7-2-1-6-5(7)9/h1-2,8H,3-4H2.